The van der Waals surface area contributed by atoms with Crippen LogP contribution in [-0.4, -0.2) is 146 Å². The molecule has 4 aliphatic heterocycles. The molecule has 1 fully saturated rings. The zero-order chi connectivity index (χ0) is 50.7. The van der Waals surface area contributed by atoms with Crippen molar-refractivity contribution in [3.05, 3.63) is 64.2 Å². The minimum absolute atomic E-state index is 0.0161. The number of hydrogen-bond acceptors (Lipinski definition) is 18. The quantitative estimate of drug-likeness (QED) is 0.0337. The molecule has 0 radical (unpaired) electrons. The van der Waals surface area contributed by atoms with E-state index in [0.717, 1.165) is 11.6 Å². The summed E-state index contributed by atoms with van der Waals surface area (Å²) >= 11 is 0. The Kier molecular flexibility index (Phi) is 15.8. The number of carbonyl (C=O) groups is 2. The van der Waals surface area contributed by atoms with Crippen LogP contribution in [0.15, 0.2) is 41.4 Å². The summed E-state index contributed by atoms with van der Waals surface area (Å²) in [5, 5.41) is 110. The average molecular weight is 979 g/mol. The maximum absolute atomic E-state index is 14.1. The van der Waals surface area contributed by atoms with Crippen LogP contribution in [0.1, 0.15) is 83.9 Å². The molecule has 70 heavy (non-hydrogen) atoms. The maximum atomic E-state index is 14.1. The normalized spacial score (nSPS) is 27.6. The third-order valence-electron chi connectivity index (χ3n) is 13.5. The van der Waals surface area contributed by atoms with Crippen molar-refractivity contribution >= 4 is 23.6 Å². The second kappa shape index (κ2) is 21.4. The smallest absolute Gasteiger partial charge is 0.344 e. The molecule has 4 bridgehead atoms. The van der Waals surface area contributed by atoms with Crippen molar-refractivity contribution in [3.63, 3.8) is 0 Å². The molecule has 4 heterocycles. The largest absolute Gasteiger partial charge is 0.504 e. The highest BCUT2D eigenvalue weighted by atomic mass is 16.7. The number of aliphatic imine (C=N–C) groups is 1. The standard InChI is InChI=1S/C49H62N4O17/c1-24(2)35(55)32-25(3)53-34-29-21-27(32)13-10-16-48(64)41(58)44(68-38(29)31(22-30(34)42(59)60)67-23-52-47(50)51-18-8-9-19-54)70-49(45(48)62)17-14-28-33(43(61)69-46(49)63)36(56)40(37(57)39(28)65-4)66-20-15-26-11-6-5-7-12-26/h5-7,11-12,22,24-25,27,32,35,41,44-46,53-58,62-64H,8-9,14-21,23H2,1-4H3,(H,59,60)(H3,50,51,52). The van der Waals surface area contributed by atoms with Gasteiger partial charge in [0.1, 0.15) is 23.4 Å². The number of nitrogens with two attached hydrogens (primary N) is 1. The van der Waals surface area contributed by atoms with Gasteiger partial charge < -0.3 is 90.7 Å². The number of phenolic OH excluding ortho intramolecular Hbond substituents is 2. The summed E-state index contributed by atoms with van der Waals surface area (Å²) in [6.07, 6.45) is -10.5. The van der Waals surface area contributed by atoms with Crippen molar-refractivity contribution in [2.45, 2.75) is 114 Å². The molecule has 0 amide bonds. The van der Waals surface area contributed by atoms with Crippen molar-refractivity contribution < 1.29 is 84.0 Å². The number of aromatic hydroxyl groups is 2. The number of phenols is 2. The molecule has 21 nitrogen and oxygen atoms in total. The Bertz CT molecular complexity index is 2500. The number of unbranched alkanes of at least 4 members (excludes halogenated alkanes) is 1. The molecular weight excluding hydrogens is 917 g/mol. The lowest BCUT2D eigenvalue weighted by molar-refractivity contribution is -0.381. The molecule has 1 spiro atoms. The minimum Gasteiger partial charge on any atom is -0.504 e. The maximum Gasteiger partial charge on any atom is 0.344 e. The molecule has 1 saturated heterocycles. The first-order valence-corrected chi connectivity index (χ1v) is 23.1. The third kappa shape index (κ3) is 9.90. The lowest BCUT2D eigenvalue weighted by Gasteiger charge is -2.54. The van der Waals surface area contributed by atoms with E-state index in [9.17, 15) is 50.4 Å². The minimum atomic E-state index is -2.75. The highest BCUT2D eigenvalue weighted by Gasteiger charge is 2.66. The monoisotopic (exact) mass is 978 g/mol. The molecule has 0 aromatic heterocycles. The molecular formula is C49H62N4O17. The van der Waals surface area contributed by atoms with Crippen LogP contribution in [0.4, 0.5) is 5.69 Å². The zero-order valence-electron chi connectivity index (χ0n) is 39.3. The number of esters is 1. The van der Waals surface area contributed by atoms with Crippen molar-refractivity contribution in [3.8, 4) is 46.3 Å². The number of aliphatic hydroxyl groups excluding tert-OH is 5. The van der Waals surface area contributed by atoms with Gasteiger partial charge >= 0.3 is 11.9 Å². The number of aliphatic hydroxyl groups is 6. The summed E-state index contributed by atoms with van der Waals surface area (Å²) in [6, 6.07) is 9.74. The van der Waals surface area contributed by atoms with E-state index in [1.165, 1.54) is 7.11 Å². The van der Waals surface area contributed by atoms with Gasteiger partial charge in [-0.15, -0.1) is 0 Å². The number of benzene rings is 3. The number of guanidine groups is 1. The number of carboxylic acid groups (broad SMARTS) is 1. The Morgan fingerprint density at radius 1 is 1.07 bits per heavy atom. The highest BCUT2D eigenvalue weighted by molar-refractivity contribution is 5.98. The molecule has 4 aliphatic rings. The van der Waals surface area contributed by atoms with Crippen LogP contribution in [0.2, 0.25) is 0 Å². The second-order valence-electron chi connectivity index (χ2n) is 18.3. The van der Waals surface area contributed by atoms with Gasteiger partial charge in [0.05, 0.1) is 31.1 Å². The molecule has 10 atom stereocenters. The fourth-order valence-electron chi connectivity index (χ4n) is 9.74. The molecule has 0 saturated carbocycles. The number of fused-ring (bicyclic) bond motifs is 4. The van der Waals surface area contributed by atoms with Crippen molar-refractivity contribution in [1.82, 2.24) is 5.32 Å². The lowest BCUT2D eigenvalue weighted by Crippen LogP contribution is -2.75. The van der Waals surface area contributed by atoms with E-state index in [0.29, 0.717) is 25.8 Å². The Hall–Kier alpha value is -6.25. The Balaban J connectivity index is 1.33. The predicted octanol–water partition coefficient (Wildman–Crippen LogP) is 1.50. The number of anilines is 1. The summed E-state index contributed by atoms with van der Waals surface area (Å²) in [7, 11) is 1.19. The Morgan fingerprint density at radius 3 is 2.50 bits per heavy atom. The summed E-state index contributed by atoms with van der Waals surface area (Å²) in [5.74, 6) is -1.39. The molecule has 21 heteroatoms. The van der Waals surface area contributed by atoms with E-state index in [1.54, 1.807) is 6.92 Å². The molecule has 7 rings (SSSR count). The molecule has 13 N–H and O–H groups in total. The average Bonchev–Trinajstić information content (AvgIpc) is 3.47. The molecule has 3 aromatic rings. The van der Waals surface area contributed by atoms with Gasteiger partial charge in [-0.3, -0.25) is 0 Å². The molecule has 380 valence electrons. The van der Waals surface area contributed by atoms with Crippen LogP contribution in [0.3, 0.4) is 0 Å². The van der Waals surface area contributed by atoms with Crippen molar-refractivity contribution in [2.24, 2.45) is 28.5 Å². The summed E-state index contributed by atoms with van der Waals surface area (Å²) < 4.78 is 35.9. The van der Waals surface area contributed by atoms with Gasteiger partial charge in [-0.2, -0.15) is 0 Å². The van der Waals surface area contributed by atoms with Crippen LogP contribution in [0.25, 0.3) is 0 Å². The van der Waals surface area contributed by atoms with Gasteiger partial charge in [0.2, 0.25) is 24.1 Å². The van der Waals surface area contributed by atoms with E-state index < -0.39 is 121 Å². The number of cyclic esters (lactones) is 1. The summed E-state index contributed by atoms with van der Waals surface area (Å²) in [5.41, 5.74) is 0.841. The van der Waals surface area contributed by atoms with E-state index in [1.807, 2.05) is 44.2 Å². The molecule has 3 aromatic carbocycles. The van der Waals surface area contributed by atoms with Crippen molar-refractivity contribution in [1.29, 1.82) is 0 Å². The fourth-order valence-corrected chi connectivity index (χ4v) is 9.74. The zero-order valence-corrected chi connectivity index (χ0v) is 39.3. The number of rotatable bonds is 15. The number of carboxylic acids is 1. The van der Waals surface area contributed by atoms with E-state index >= 15 is 0 Å². The first-order valence-electron chi connectivity index (χ1n) is 23.1. The molecule has 10 unspecified atom stereocenters. The number of ether oxygens (including phenoxy) is 6. The lowest BCUT2D eigenvalue weighted by atomic mass is 9.71. The van der Waals surface area contributed by atoms with E-state index in [-0.39, 0.29) is 71.1 Å². The van der Waals surface area contributed by atoms with Crippen LogP contribution in [0.5, 0.6) is 34.5 Å². The third-order valence-corrected chi connectivity index (χ3v) is 13.5. The van der Waals surface area contributed by atoms with Crippen LogP contribution >= 0.6 is 0 Å². The van der Waals surface area contributed by atoms with Gasteiger partial charge in [-0.25, -0.2) is 14.6 Å². The Morgan fingerprint density at radius 2 is 1.81 bits per heavy atom. The van der Waals surface area contributed by atoms with Crippen LogP contribution in [-0.2, 0) is 28.7 Å². The summed E-state index contributed by atoms with van der Waals surface area (Å²) in [4.78, 5) is 31.4. The summed E-state index contributed by atoms with van der Waals surface area (Å²) in [6.45, 7) is 5.19. The van der Waals surface area contributed by atoms with Crippen LogP contribution < -0.4 is 35.3 Å². The second-order valence-corrected chi connectivity index (χ2v) is 18.3. The van der Waals surface area contributed by atoms with Gasteiger partial charge in [0, 0.05) is 61.1 Å². The van der Waals surface area contributed by atoms with E-state index in [4.69, 9.17) is 39.3 Å². The van der Waals surface area contributed by atoms with Gasteiger partial charge in [-0.05, 0) is 50.5 Å². The first-order chi connectivity index (χ1) is 33.4. The van der Waals surface area contributed by atoms with Crippen molar-refractivity contribution in [2.75, 3.05) is 38.9 Å². The van der Waals surface area contributed by atoms with Gasteiger partial charge in [0.25, 0.3) is 0 Å². The predicted molar refractivity (Wildman–Crippen MR) is 249 cm³/mol. The highest BCUT2D eigenvalue weighted by Crippen LogP contribution is 2.53. The Labute approximate surface area is 403 Å². The fraction of sp³-hybridized carbons (Fsp3) is 0.531. The molecule has 0 aliphatic carbocycles. The number of nitrogens with one attached hydrogen (secondary N) is 2. The van der Waals surface area contributed by atoms with Gasteiger partial charge in [-0.1, -0.05) is 56.0 Å². The number of aromatic carboxylic acids is 1. The first kappa shape index (κ1) is 51.6. The van der Waals surface area contributed by atoms with Crippen LogP contribution in [0, 0.1) is 29.6 Å². The number of carbonyl (C=O) groups excluding carboxylic acids is 1. The number of methoxy groups -OCH3 is 1. The van der Waals surface area contributed by atoms with E-state index in [2.05, 4.69) is 27.5 Å². The number of hydrogen-bond donors (Lipinski definition) is 12. The topological polar surface area (TPSA) is 334 Å². The van der Waals surface area contributed by atoms with Gasteiger partial charge in [0.15, 0.2) is 41.3 Å². The number of nitrogens with zero attached hydrogens (tertiary/aromatic N) is 1. The SMILES string of the molecule is COc1c(O)c(OCCc2ccccc2)c(O)c2c1CCC1(OC3Oc4c(OCN=C(N)NCCCCO)cc(C(=O)O)c5c4CC(C#CCC(O)(C3O)C1O)C(C(O)C(C)C)C(C)N5)C(O)OC2=O.